The van der Waals surface area contributed by atoms with Gasteiger partial charge >= 0.3 is 0 Å². The minimum Gasteiger partial charge on any atom is -0.748 e. The predicted octanol–water partition coefficient (Wildman–Crippen LogP) is 7.52. The summed E-state index contributed by atoms with van der Waals surface area (Å²) in [4.78, 5) is 62.7. The monoisotopic (exact) mass is 1190 g/mol. The van der Waals surface area contributed by atoms with Gasteiger partial charge in [-0.15, -0.1) is 0 Å². The molecule has 2 aliphatic rings. The fourth-order valence-corrected chi connectivity index (χ4v) is 12.6. The predicted molar refractivity (Wildman–Crippen MR) is 318 cm³/mol. The van der Waals surface area contributed by atoms with E-state index in [0.29, 0.717) is 29.8 Å². The van der Waals surface area contributed by atoms with Gasteiger partial charge in [-0.2, -0.15) is 21.4 Å². The Morgan fingerprint density at radius 2 is 1.06 bits per heavy atom. The Labute approximate surface area is 483 Å². The lowest BCUT2D eigenvalue weighted by atomic mass is 9.78. The molecule has 6 aromatic rings. The van der Waals surface area contributed by atoms with Crippen LogP contribution in [0.5, 0.6) is 0 Å². The Balaban J connectivity index is 1.27. The van der Waals surface area contributed by atoms with E-state index in [0.717, 1.165) is 73.6 Å². The van der Waals surface area contributed by atoms with Gasteiger partial charge < -0.3 is 25.8 Å². The van der Waals surface area contributed by atoms with E-state index in [9.17, 15) is 58.1 Å². The van der Waals surface area contributed by atoms with Crippen LogP contribution in [0.3, 0.4) is 0 Å². The summed E-state index contributed by atoms with van der Waals surface area (Å²) in [5, 5.41) is 13.7. The van der Waals surface area contributed by atoms with Crippen molar-refractivity contribution in [1.82, 2.24) is 31.2 Å². The van der Waals surface area contributed by atoms with Crippen molar-refractivity contribution in [2.45, 2.75) is 84.5 Å². The van der Waals surface area contributed by atoms with Crippen molar-refractivity contribution in [3.63, 3.8) is 0 Å². The Hall–Kier alpha value is -7.54. The second-order valence-corrected chi connectivity index (χ2v) is 26.2. The van der Waals surface area contributed by atoms with E-state index in [1.807, 2.05) is 72.8 Å². The minimum atomic E-state index is -4.57. The maximum absolute atomic E-state index is 13.6. The number of benzene rings is 4. The lowest BCUT2D eigenvalue weighted by Crippen LogP contribution is -2.32. The number of nitrogens with zero attached hydrogens (tertiary/aromatic N) is 3. The SMILES string of the molecule is CCCC1/C(=C/C=C/C2=[N+](CCCS(=O)(=O)[O-])c3c(cc(-c4cc(C(=O)NCC)nc(C(=O)NCC)c4)c4ccccc34)C2(C)C)C(C)(C)c2cc(-c3cc(C(=O)NCCS(=O)(=O)O)nc(C(=O)NCCS(=O)(=O)O)c3)c3ccccc3c21. The first-order valence-electron chi connectivity index (χ1n) is 27.3. The summed E-state index contributed by atoms with van der Waals surface area (Å²) in [7, 11) is -13.5. The van der Waals surface area contributed by atoms with E-state index in [-0.39, 0.29) is 41.7 Å². The van der Waals surface area contributed by atoms with Gasteiger partial charge in [-0.25, -0.2) is 18.4 Å². The van der Waals surface area contributed by atoms with Crippen LogP contribution in [0, 0.1) is 0 Å². The van der Waals surface area contributed by atoms with Crippen LogP contribution in [0.2, 0.25) is 0 Å². The van der Waals surface area contributed by atoms with Crippen LogP contribution in [-0.4, -0.2) is 133 Å². The van der Waals surface area contributed by atoms with E-state index < -0.39 is 95.2 Å². The molecule has 1 atom stereocenters. The number of pyridine rings is 2. The third-order valence-corrected chi connectivity index (χ3v) is 17.4. The van der Waals surface area contributed by atoms with E-state index in [1.165, 1.54) is 12.1 Å². The molecular weight excluding hydrogens is 1120 g/mol. The van der Waals surface area contributed by atoms with Gasteiger partial charge in [0.25, 0.3) is 43.9 Å². The van der Waals surface area contributed by atoms with Gasteiger partial charge in [0.2, 0.25) is 5.69 Å². The molecule has 438 valence electrons. The summed E-state index contributed by atoms with van der Waals surface area (Å²) < 4.78 is 103. The highest BCUT2D eigenvalue weighted by Crippen LogP contribution is 2.56. The van der Waals surface area contributed by atoms with Gasteiger partial charge in [-0.3, -0.25) is 28.3 Å². The first-order valence-corrected chi connectivity index (χ1v) is 32.1. The van der Waals surface area contributed by atoms with Crippen molar-refractivity contribution < 1.29 is 62.7 Å². The number of nitrogens with one attached hydrogen (secondary N) is 4. The van der Waals surface area contributed by atoms with Gasteiger partial charge in [-0.05, 0) is 126 Å². The number of amides is 4. The minimum absolute atomic E-state index is 0.0280. The summed E-state index contributed by atoms with van der Waals surface area (Å²) in [6.07, 6.45) is 7.73. The molecule has 6 N–H and O–H groups in total. The van der Waals surface area contributed by atoms with E-state index >= 15 is 0 Å². The van der Waals surface area contributed by atoms with Crippen LogP contribution in [-0.2, 0) is 41.2 Å². The molecule has 0 fully saturated rings. The highest BCUT2D eigenvalue weighted by Gasteiger charge is 2.47. The number of carbonyl (C=O) groups is 4. The van der Waals surface area contributed by atoms with Gasteiger partial charge in [0, 0.05) is 61.3 Å². The highest BCUT2D eigenvalue weighted by molar-refractivity contribution is 7.86. The lowest BCUT2D eigenvalue weighted by molar-refractivity contribution is -0.435. The summed E-state index contributed by atoms with van der Waals surface area (Å²) in [6, 6.07) is 25.8. The Morgan fingerprint density at radius 1 is 0.614 bits per heavy atom. The van der Waals surface area contributed by atoms with E-state index in [2.05, 4.69) is 76.5 Å². The van der Waals surface area contributed by atoms with Crippen molar-refractivity contribution in [3.05, 3.63) is 148 Å². The summed E-state index contributed by atoms with van der Waals surface area (Å²) in [6.45, 7) is 14.0. The molecule has 1 aliphatic heterocycles. The molecule has 0 radical (unpaired) electrons. The van der Waals surface area contributed by atoms with Gasteiger partial charge in [0.15, 0.2) is 5.71 Å². The van der Waals surface area contributed by atoms with Gasteiger partial charge in [-0.1, -0.05) is 87.4 Å². The number of allylic oxidation sites excluding steroid dienone is 4. The van der Waals surface area contributed by atoms with Crippen LogP contribution in [0.25, 0.3) is 43.8 Å². The van der Waals surface area contributed by atoms with Crippen molar-refractivity contribution in [1.29, 1.82) is 0 Å². The standard InChI is InChI=1S/C60H67N7O13S3/c1-8-17-42-45(59(4,5)46-34-43(38-18-11-13-20-40(38)53(42)46)36-32-50(57(70)63-24-28-82(75,76)77)66-51(33-36)58(71)64-25-29-83(78,79)80)22-15-23-52-60(6,7)47-35-44(37-30-48(55(68)61-9-2)65-49(31-37)56(69)62-10-3)39-19-12-14-21-41(39)54(47)67(52)26-16-27-81(72,73)74/h11-15,18-23,30-35,42H,8-10,16-17,24-29H2,1-7H3,(H6-,61,62,63,64,68,69,70,71,72,73,74,75,76,77,78,79,80)/b23-15+,45-22-. The molecule has 23 heteroatoms. The zero-order valence-electron chi connectivity index (χ0n) is 47.1. The van der Waals surface area contributed by atoms with Crippen LogP contribution in [0.1, 0.15) is 132 Å². The number of carbonyl (C=O) groups excluding carboxylic acids is 4. The number of hydrogen-bond acceptors (Lipinski definition) is 13. The molecule has 4 amide bonds. The maximum atomic E-state index is 13.6. The summed E-state index contributed by atoms with van der Waals surface area (Å²) >= 11 is 0. The first-order chi connectivity index (χ1) is 39.1. The van der Waals surface area contributed by atoms with Crippen LogP contribution in [0.15, 0.2) is 109 Å². The molecule has 0 spiro atoms. The first kappa shape index (κ1) is 61.5. The number of rotatable bonds is 22. The summed E-state index contributed by atoms with van der Waals surface area (Å²) in [5.74, 6) is -4.85. The molecule has 0 saturated carbocycles. The molecule has 0 bridgehead atoms. The number of hydrogen-bond donors (Lipinski definition) is 6. The van der Waals surface area contributed by atoms with Crippen LogP contribution in [0.4, 0.5) is 5.69 Å². The summed E-state index contributed by atoms with van der Waals surface area (Å²) in [5.41, 5.74) is 6.12. The lowest BCUT2D eigenvalue weighted by Gasteiger charge is -2.24. The second-order valence-electron chi connectivity index (χ2n) is 21.6. The van der Waals surface area contributed by atoms with Gasteiger partial charge in [0.05, 0.1) is 32.4 Å². The zero-order chi connectivity index (χ0) is 60.4. The van der Waals surface area contributed by atoms with Crippen molar-refractivity contribution in [2.75, 3.05) is 50.0 Å². The Morgan fingerprint density at radius 3 is 1.52 bits per heavy atom. The molecule has 0 saturated heterocycles. The third kappa shape index (κ3) is 13.5. The normalized spacial score (nSPS) is 16.1. The number of fused-ring (bicyclic) bond motifs is 6. The fraction of sp³-hybridized carbons (Fsp3) is 0.350. The zero-order valence-corrected chi connectivity index (χ0v) is 49.6. The smallest absolute Gasteiger partial charge is 0.269 e. The quantitative estimate of drug-likeness (QED) is 0.0283. The fourth-order valence-electron chi connectivity index (χ4n) is 11.4. The largest absolute Gasteiger partial charge is 0.748 e. The third-order valence-electron chi connectivity index (χ3n) is 15.1. The number of aromatic nitrogens is 2. The molecule has 4 aromatic carbocycles. The molecule has 2 aromatic heterocycles. The second kappa shape index (κ2) is 24.3. The van der Waals surface area contributed by atoms with Crippen molar-refractivity contribution in [2.24, 2.45) is 0 Å². The van der Waals surface area contributed by atoms with Crippen LogP contribution < -0.4 is 21.3 Å². The Bertz CT molecular complexity index is 3970. The molecule has 1 unspecified atom stereocenters. The van der Waals surface area contributed by atoms with Crippen LogP contribution >= 0.6 is 0 Å². The highest BCUT2D eigenvalue weighted by atomic mass is 32.2. The van der Waals surface area contributed by atoms with Crippen molar-refractivity contribution >= 4 is 86.9 Å². The van der Waals surface area contributed by atoms with Crippen molar-refractivity contribution in [3.8, 4) is 22.3 Å². The molecule has 3 heterocycles. The average molecular weight is 1190 g/mol. The molecule has 8 rings (SSSR count). The maximum Gasteiger partial charge on any atom is 0.269 e. The Kier molecular flexibility index (Phi) is 18.1. The molecular formula is C60H67N7O13S3. The average Bonchev–Trinajstić information content (AvgIpc) is 2.47. The molecule has 83 heavy (non-hydrogen) atoms. The molecule has 20 nitrogen and oxygen atoms in total. The van der Waals surface area contributed by atoms with Gasteiger partial charge in [0.1, 0.15) is 29.3 Å². The topological polar surface area (TPSA) is 311 Å². The molecule has 1 aliphatic carbocycles. The van der Waals surface area contributed by atoms with E-state index in [1.54, 1.807) is 26.0 Å². The van der Waals surface area contributed by atoms with E-state index in [4.69, 9.17) is 0 Å².